The second-order valence-electron chi connectivity index (χ2n) is 6.25. The van der Waals surface area contributed by atoms with Gasteiger partial charge in [0.2, 0.25) is 5.91 Å². The Bertz CT molecular complexity index is 739. The smallest absolute Gasteiger partial charge is 0.251 e. The minimum atomic E-state index is -0.699. The predicted octanol–water partition coefficient (Wildman–Crippen LogP) is 0.647. The molecule has 0 bridgehead atoms. The molecule has 8 heteroatoms. The summed E-state index contributed by atoms with van der Waals surface area (Å²) in [4.78, 5) is 24.8. The summed E-state index contributed by atoms with van der Waals surface area (Å²) in [5.41, 5.74) is -0.320. The minimum absolute atomic E-state index is 0.0984. The quantitative estimate of drug-likeness (QED) is 0.661. The van der Waals surface area contributed by atoms with Gasteiger partial charge >= 0.3 is 0 Å². The number of piperidine rings is 1. The van der Waals surface area contributed by atoms with Crippen LogP contribution < -0.4 is 16.0 Å². The first-order valence-corrected chi connectivity index (χ1v) is 8.65. The topological polar surface area (TPSA) is 88.1 Å². The Morgan fingerprint density at radius 3 is 2.50 bits per heavy atom. The fraction of sp³-hybridized carbons (Fsp3) is 0.389. The minimum Gasteiger partial charge on any atom is -0.352 e. The van der Waals surface area contributed by atoms with Crippen molar-refractivity contribution in [3.8, 4) is 0 Å². The molecule has 0 saturated carbocycles. The highest BCUT2D eigenvalue weighted by Crippen LogP contribution is 2.26. The number of rotatable bonds is 6. The van der Waals surface area contributed by atoms with Crippen molar-refractivity contribution in [1.29, 1.82) is 0 Å². The van der Waals surface area contributed by atoms with Crippen LogP contribution in [0.1, 0.15) is 23.2 Å². The van der Waals surface area contributed by atoms with Gasteiger partial charge in [0.15, 0.2) is 0 Å². The lowest BCUT2D eigenvalue weighted by molar-refractivity contribution is -0.131. The lowest BCUT2D eigenvalue weighted by Gasteiger charge is -2.36. The summed E-state index contributed by atoms with van der Waals surface area (Å²) in [6.07, 6.45) is 4.78. The molecular weight excluding hydrogens is 337 g/mol. The second kappa shape index (κ2) is 8.09. The van der Waals surface area contributed by atoms with Gasteiger partial charge in [-0.25, -0.2) is 4.39 Å². The molecule has 1 saturated heterocycles. The third-order valence-electron chi connectivity index (χ3n) is 4.60. The molecule has 7 nitrogen and oxygen atoms in total. The molecule has 0 unspecified atom stereocenters. The van der Waals surface area contributed by atoms with Crippen molar-refractivity contribution in [2.45, 2.75) is 18.4 Å². The summed E-state index contributed by atoms with van der Waals surface area (Å²) >= 11 is 0. The summed E-state index contributed by atoms with van der Waals surface area (Å²) in [6, 6.07) is 7.12. The molecule has 0 atom stereocenters. The van der Waals surface area contributed by atoms with Gasteiger partial charge in [-0.1, -0.05) is 0 Å². The normalized spacial score (nSPS) is 16.0. The Balaban J connectivity index is 1.52. The van der Waals surface area contributed by atoms with Gasteiger partial charge in [-0.05, 0) is 56.3 Å². The van der Waals surface area contributed by atoms with Gasteiger partial charge < -0.3 is 16.0 Å². The van der Waals surface area contributed by atoms with Crippen LogP contribution in [-0.2, 0) is 10.3 Å². The van der Waals surface area contributed by atoms with Gasteiger partial charge in [0.25, 0.3) is 5.91 Å². The molecule has 1 aliphatic rings. The van der Waals surface area contributed by atoms with Crippen LogP contribution in [-0.4, -0.2) is 47.8 Å². The maximum absolute atomic E-state index is 12.9. The molecule has 0 aliphatic carbocycles. The number of benzene rings is 1. The Morgan fingerprint density at radius 2 is 1.85 bits per heavy atom. The third-order valence-corrected chi connectivity index (χ3v) is 4.60. The van der Waals surface area contributed by atoms with Crippen LogP contribution in [0, 0.1) is 5.82 Å². The molecule has 0 radical (unpaired) electrons. The summed E-state index contributed by atoms with van der Waals surface area (Å²) in [7, 11) is 0. The van der Waals surface area contributed by atoms with E-state index in [1.807, 2.05) is 0 Å². The van der Waals surface area contributed by atoms with Gasteiger partial charge in [0.05, 0.1) is 0 Å². The monoisotopic (exact) mass is 359 g/mol. The van der Waals surface area contributed by atoms with Crippen LogP contribution in [0.25, 0.3) is 0 Å². The van der Waals surface area contributed by atoms with Crippen LogP contribution in [0.4, 0.5) is 4.39 Å². The zero-order valence-corrected chi connectivity index (χ0v) is 14.4. The highest BCUT2D eigenvalue weighted by atomic mass is 19.1. The van der Waals surface area contributed by atoms with Crippen molar-refractivity contribution in [2.24, 2.45) is 0 Å². The Kier molecular flexibility index (Phi) is 5.62. The van der Waals surface area contributed by atoms with Gasteiger partial charge in [-0.15, -0.1) is 0 Å². The Labute approximate surface area is 151 Å². The third kappa shape index (κ3) is 3.91. The van der Waals surface area contributed by atoms with Crippen LogP contribution >= 0.6 is 0 Å². The van der Waals surface area contributed by atoms with Gasteiger partial charge in [-0.3, -0.25) is 14.3 Å². The molecule has 2 amide bonds. The second-order valence-corrected chi connectivity index (χ2v) is 6.25. The largest absolute Gasteiger partial charge is 0.352 e. The zero-order chi connectivity index (χ0) is 18.4. The van der Waals surface area contributed by atoms with E-state index in [0.29, 0.717) is 24.9 Å². The van der Waals surface area contributed by atoms with Crippen molar-refractivity contribution in [2.75, 3.05) is 26.2 Å². The van der Waals surface area contributed by atoms with Gasteiger partial charge in [0.1, 0.15) is 11.4 Å². The average molecular weight is 359 g/mol. The van der Waals surface area contributed by atoms with Crippen LogP contribution in [0.3, 0.4) is 0 Å². The first-order valence-electron chi connectivity index (χ1n) is 8.65. The molecule has 138 valence electrons. The molecule has 26 heavy (non-hydrogen) atoms. The number of hydrogen-bond acceptors (Lipinski definition) is 4. The highest BCUT2D eigenvalue weighted by Gasteiger charge is 2.41. The molecule has 3 rings (SSSR count). The van der Waals surface area contributed by atoms with E-state index in [-0.39, 0.29) is 24.2 Å². The fourth-order valence-electron chi connectivity index (χ4n) is 3.14. The number of amides is 2. The standard InChI is InChI=1S/C18H22FN5O2/c19-15-4-2-14(3-5-15)16(25)21-11-12-22-17(26)18(6-9-20-10-7-18)24-13-1-8-23-24/h1-5,8,13,20H,6-7,9-12H2,(H,21,25)(H,22,26). The summed E-state index contributed by atoms with van der Waals surface area (Å²) < 4.78 is 14.6. The fourth-order valence-corrected chi connectivity index (χ4v) is 3.14. The van der Waals surface area contributed by atoms with E-state index in [4.69, 9.17) is 0 Å². The Hall–Kier alpha value is -2.74. The molecule has 1 fully saturated rings. The number of hydrogen-bond donors (Lipinski definition) is 3. The number of aromatic nitrogens is 2. The molecule has 1 aromatic heterocycles. The van der Waals surface area contributed by atoms with E-state index >= 15 is 0 Å². The number of halogens is 1. The number of nitrogens with zero attached hydrogens (tertiary/aromatic N) is 2. The predicted molar refractivity (Wildman–Crippen MR) is 94.0 cm³/mol. The van der Waals surface area contributed by atoms with Crippen molar-refractivity contribution in [3.63, 3.8) is 0 Å². The number of carbonyl (C=O) groups excluding carboxylic acids is 2. The molecule has 1 aliphatic heterocycles. The summed E-state index contributed by atoms with van der Waals surface area (Å²) in [5.74, 6) is -0.790. The first-order chi connectivity index (χ1) is 12.6. The van der Waals surface area contributed by atoms with E-state index in [1.165, 1.54) is 24.3 Å². The Morgan fingerprint density at radius 1 is 1.15 bits per heavy atom. The first kappa shape index (κ1) is 18.1. The maximum atomic E-state index is 12.9. The number of carbonyl (C=O) groups is 2. The van der Waals surface area contributed by atoms with Crippen LogP contribution in [0.2, 0.25) is 0 Å². The molecule has 2 aromatic rings. The molecule has 1 aromatic carbocycles. The van der Waals surface area contributed by atoms with Crippen molar-refractivity contribution in [3.05, 3.63) is 54.1 Å². The van der Waals surface area contributed by atoms with Crippen LogP contribution in [0.15, 0.2) is 42.7 Å². The number of nitrogens with one attached hydrogen (secondary N) is 3. The highest BCUT2D eigenvalue weighted by molar-refractivity contribution is 5.94. The van der Waals surface area contributed by atoms with E-state index in [2.05, 4.69) is 21.0 Å². The van der Waals surface area contributed by atoms with E-state index < -0.39 is 5.54 Å². The molecule has 0 spiro atoms. The van der Waals surface area contributed by atoms with Crippen molar-refractivity contribution in [1.82, 2.24) is 25.7 Å². The zero-order valence-electron chi connectivity index (χ0n) is 14.4. The van der Waals surface area contributed by atoms with Crippen molar-refractivity contribution < 1.29 is 14.0 Å². The summed E-state index contributed by atoms with van der Waals surface area (Å²) in [6.45, 7) is 2.08. The van der Waals surface area contributed by atoms with Crippen molar-refractivity contribution >= 4 is 11.8 Å². The lowest BCUT2D eigenvalue weighted by Crippen LogP contribution is -2.55. The molecule has 2 heterocycles. The van der Waals surface area contributed by atoms with E-state index in [9.17, 15) is 14.0 Å². The van der Waals surface area contributed by atoms with Crippen LogP contribution in [0.5, 0.6) is 0 Å². The van der Waals surface area contributed by atoms with Gasteiger partial charge in [-0.2, -0.15) is 5.10 Å². The SMILES string of the molecule is O=C(NCCNC(=O)C1(n2cccn2)CCNCC1)c1ccc(F)cc1. The van der Waals surface area contributed by atoms with Gasteiger partial charge in [0, 0.05) is 31.0 Å². The molecular formula is C18H22FN5O2. The molecule has 3 N–H and O–H groups in total. The lowest BCUT2D eigenvalue weighted by atomic mass is 9.87. The van der Waals surface area contributed by atoms with E-state index in [0.717, 1.165) is 13.1 Å². The maximum Gasteiger partial charge on any atom is 0.251 e. The van der Waals surface area contributed by atoms with E-state index in [1.54, 1.807) is 23.1 Å². The summed E-state index contributed by atoms with van der Waals surface area (Å²) in [5, 5.41) is 13.1. The average Bonchev–Trinajstić information content (AvgIpc) is 3.21.